The summed E-state index contributed by atoms with van der Waals surface area (Å²) in [6.45, 7) is 3.76. The minimum Gasteiger partial charge on any atom is -0.321 e. The summed E-state index contributed by atoms with van der Waals surface area (Å²) in [5.41, 5.74) is 7.57. The van der Waals surface area contributed by atoms with Crippen LogP contribution in [0.5, 0.6) is 0 Å². The molecule has 0 aliphatic heterocycles. The Morgan fingerprint density at radius 2 is 2.19 bits per heavy atom. The van der Waals surface area contributed by atoms with E-state index in [4.69, 9.17) is 17.3 Å². The van der Waals surface area contributed by atoms with Crippen LogP contribution in [0.1, 0.15) is 24.4 Å². The molecule has 0 saturated carbocycles. The number of hydrogen-bond donors (Lipinski definition) is 1. The molecule has 0 saturated heterocycles. The molecule has 6 heteroatoms. The fourth-order valence-electron chi connectivity index (χ4n) is 1.48. The first-order chi connectivity index (χ1) is 7.61. The number of halogens is 1. The lowest BCUT2D eigenvalue weighted by molar-refractivity contribution is 0.686. The van der Waals surface area contributed by atoms with Crippen LogP contribution in [0.2, 0.25) is 5.02 Å². The minimum atomic E-state index is -0.228. The van der Waals surface area contributed by atoms with Crippen molar-refractivity contribution in [3.63, 3.8) is 0 Å². The van der Waals surface area contributed by atoms with Gasteiger partial charge in [-0.15, -0.1) is 5.10 Å². The van der Waals surface area contributed by atoms with E-state index in [0.717, 1.165) is 11.3 Å². The average molecular weight is 238 g/mol. The van der Waals surface area contributed by atoms with E-state index in [1.807, 2.05) is 32.0 Å². The highest BCUT2D eigenvalue weighted by Gasteiger charge is 2.14. The number of benzene rings is 1. The molecule has 0 fully saturated rings. The number of tetrazole rings is 1. The maximum absolute atomic E-state index is 6.05. The van der Waals surface area contributed by atoms with Gasteiger partial charge in [0, 0.05) is 5.02 Å². The molecule has 0 amide bonds. The molecule has 1 aromatic carbocycles. The summed E-state index contributed by atoms with van der Waals surface area (Å²) in [7, 11) is 0. The van der Waals surface area contributed by atoms with E-state index in [1.54, 1.807) is 4.68 Å². The second-order valence-electron chi connectivity index (χ2n) is 3.62. The van der Waals surface area contributed by atoms with Crippen molar-refractivity contribution in [1.29, 1.82) is 0 Å². The predicted molar refractivity (Wildman–Crippen MR) is 61.5 cm³/mol. The standard InChI is InChI=1S/C10H12ClN5/c1-6-8(11)4-3-5-9(6)16-10(7(2)12)13-14-15-16/h3-5,7H,12H2,1-2H3. The molecule has 16 heavy (non-hydrogen) atoms. The van der Waals surface area contributed by atoms with Crippen molar-refractivity contribution in [3.8, 4) is 5.69 Å². The van der Waals surface area contributed by atoms with Gasteiger partial charge in [0.25, 0.3) is 0 Å². The van der Waals surface area contributed by atoms with Crippen molar-refractivity contribution in [2.45, 2.75) is 19.9 Å². The Balaban J connectivity index is 2.59. The van der Waals surface area contributed by atoms with Crippen LogP contribution in [0, 0.1) is 6.92 Å². The topological polar surface area (TPSA) is 69.6 Å². The smallest absolute Gasteiger partial charge is 0.173 e. The Labute approximate surface area is 98.2 Å². The molecular formula is C10H12ClN5. The fraction of sp³-hybridized carbons (Fsp3) is 0.300. The second kappa shape index (κ2) is 4.19. The first kappa shape index (κ1) is 11.0. The van der Waals surface area contributed by atoms with Crippen LogP contribution in [-0.4, -0.2) is 20.2 Å². The van der Waals surface area contributed by atoms with Crippen molar-refractivity contribution in [2.24, 2.45) is 5.73 Å². The molecule has 5 nitrogen and oxygen atoms in total. The van der Waals surface area contributed by atoms with Gasteiger partial charge in [0.1, 0.15) is 0 Å². The average Bonchev–Trinajstić information content (AvgIpc) is 2.70. The molecule has 2 aromatic rings. The first-order valence-electron chi connectivity index (χ1n) is 4.90. The molecular weight excluding hydrogens is 226 g/mol. The molecule has 2 rings (SSSR count). The Kier molecular flexibility index (Phi) is 2.89. The van der Waals surface area contributed by atoms with Gasteiger partial charge in [-0.3, -0.25) is 0 Å². The van der Waals surface area contributed by atoms with E-state index in [9.17, 15) is 0 Å². The molecule has 1 heterocycles. The van der Waals surface area contributed by atoms with Gasteiger partial charge in [0.05, 0.1) is 11.7 Å². The van der Waals surface area contributed by atoms with Crippen LogP contribution in [0.25, 0.3) is 5.69 Å². The largest absolute Gasteiger partial charge is 0.321 e. The van der Waals surface area contributed by atoms with Gasteiger partial charge < -0.3 is 5.73 Å². The Morgan fingerprint density at radius 1 is 1.44 bits per heavy atom. The number of hydrogen-bond acceptors (Lipinski definition) is 4. The third-order valence-corrected chi connectivity index (χ3v) is 2.78. The SMILES string of the molecule is Cc1c(Cl)cccc1-n1nnnc1C(C)N. The summed E-state index contributed by atoms with van der Waals surface area (Å²) in [5.74, 6) is 0.616. The second-order valence-corrected chi connectivity index (χ2v) is 4.03. The van der Waals surface area contributed by atoms with E-state index in [0.29, 0.717) is 10.8 Å². The molecule has 84 valence electrons. The van der Waals surface area contributed by atoms with E-state index < -0.39 is 0 Å². The molecule has 0 aliphatic carbocycles. The lowest BCUT2D eigenvalue weighted by Gasteiger charge is -2.10. The Bertz CT molecular complexity index is 506. The Hall–Kier alpha value is -1.46. The van der Waals surface area contributed by atoms with E-state index >= 15 is 0 Å². The van der Waals surface area contributed by atoms with Crippen LogP contribution in [0.3, 0.4) is 0 Å². The van der Waals surface area contributed by atoms with Crippen LogP contribution >= 0.6 is 11.6 Å². The summed E-state index contributed by atoms with van der Waals surface area (Å²) in [6.07, 6.45) is 0. The quantitative estimate of drug-likeness (QED) is 0.862. The number of aromatic nitrogens is 4. The Morgan fingerprint density at radius 3 is 2.88 bits per heavy atom. The van der Waals surface area contributed by atoms with Crippen molar-refractivity contribution < 1.29 is 0 Å². The van der Waals surface area contributed by atoms with E-state index in [-0.39, 0.29) is 6.04 Å². The van der Waals surface area contributed by atoms with Crippen LogP contribution in [0.4, 0.5) is 0 Å². The molecule has 1 aromatic heterocycles. The van der Waals surface area contributed by atoms with Crippen LogP contribution in [-0.2, 0) is 0 Å². The van der Waals surface area contributed by atoms with Crippen molar-refractivity contribution in [2.75, 3.05) is 0 Å². The highest BCUT2D eigenvalue weighted by Crippen LogP contribution is 2.22. The summed E-state index contributed by atoms with van der Waals surface area (Å²) < 4.78 is 1.62. The lowest BCUT2D eigenvalue weighted by atomic mass is 10.2. The highest BCUT2D eigenvalue weighted by molar-refractivity contribution is 6.31. The predicted octanol–water partition coefficient (Wildman–Crippen LogP) is 1.64. The van der Waals surface area contributed by atoms with Gasteiger partial charge in [-0.05, 0) is 42.0 Å². The summed E-state index contributed by atoms with van der Waals surface area (Å²) in [6, 6.07) is 5.37. The zero-order valence-corrected chi connectivity index (χ0v) is 9.81. The lowest BCUT2D eigenvalue weighted by Crippen LogP contribution is -2.14. The molecule has 1 unspecified atom stereocenters. The molecule has 1 atom stereocenters. The molecule has 2 N–H and O–H groups in total. The zero-order chi connectivity index (χ0) is 11.7. The summed E-state index contributed by atoms with van der Waals surface area (Å²) in [4.78, 5) is 0. The summed E-state index contributed by atoms with van der Waals surface area (Å²) in [5, 5.41) is 12.1. The first-order valence-corrected chi connectivity index (χ1v) is 5.28. The number of nitrogens with zero attached hydrogens (tertiary/aromatic N) is 4. The van der Waals surface area contributed by atoms with Gasteiger partial charge in [-0.25, -0.2) is 0 Å². The molecule has 0 radical (unpaired) electrons. The number of rotatable bonds is 2. The monoisotopic (exact) mass is 237 g/mol. The van der Waals surface area contributed by atoms with Gasteiger partial charge in [-0.2, -0.15) is 4.68 Å². The van der Waals surface area contributed by atoms with Crippen molar-refractivity contribution >= 4 is 11.6 Å². The van der Waals surface area contributed by atoms with E-state index in [1.165, 1.54) is 0 Å². The minimum absolute atomic E-state index is 0.228. The maximum atomic E-state index is 6.05. The third kappa shape index (κ3) is 1.79. The van der Waals surface area contributed by atoms with Gasteiger partial charge in [0.15, 0.2) is 5.82 Å². The van der Waals surface area contributed by atoms with Crippen LogP contribution in [0.15, 0.2) is 18.2 Å². The third-order valence-electron chi connectivity index (χ3n) is 2.37. The normalized spacial score (nSPS) is 12.8. The highest BCUT2D eigenvalue weighted by atomic mass is 35.5. The van der Waals surface area contributed by atoms with Crippen LogP contribution < -0.4 is 5.73 Å². The maximum Gasteiger partial charge on any atom is 0.173 e. The summed E-state index contributed by atoms with van der Waals surface area (Å²) >= 11 is 6.05. The zero-order valence-electron chi connectivity index (χ0n) is 9.05. The van der Waals surface area contributed by atoms with Crippen molar-refractivity contribution in [3.05, 3.63) is 34.6 Å². The molecule has 0 aliphatic rings. The number of nitrogens with two attached hydrogens (primary N) is 1. The van der Waals surface area contributed by atoms with Crippen molar-refractivity contribution in [1.82, 2.24) is 20.2 Å². The molecule has 0 spiro atoms. The van der Waals surface area contributed by atoms with E-state index in [2.05, 4.69) is 15.5 Å². The van der Waals surface area contributed by atoms with Gasteiger partial charge >= 0.3 is 0 Å². The fourth-order valence-corrected chi connectivity index (χ4v) is 1.64. The molecule has 0 bridgehead atoms. The van der Waals surface area contributed by atoms with Gasteiger partial charge in [-0.1, -0.05) is 17.7 Å². The van der Waals surface area contributed by atoms with Gasteiger partial charge in [0.2, 0.25) is 0 Å².